The number of ether oxygens (including phenoxy) is 1. The van der Waals surface area contributed by atoms with Crippen molar-refractivity contribution >= 4 is 22.1 Å². The minimum Gasteiger partial charge on any atom is -0.494 e. The van der Waals surface area contributed by atoms with Crippen molar-refractivity contribution in [3.05, 3.63) is 43.0 Å². The third-order valence-corrected chi connectivity index (χ3v) is 3.51. The van der Waals surface area contributed by atoms with Crippen molar-refractivity contribution < 1.29 is 4.74 Å². The van der Waals surface area contributed by atoms with Crippen LogP contribution in [-0.4, -0.2) is 27.0 Å². The van der Waals surface area contributed by atoms with Crippen LogP contribution in [0.5, 0.6) is 5.75 Å². The van der Waals surface area contributed by atoms with Crippen molar-refractivity contribution in [1.29, 1.82) is 0 Å². The molecule has 3 heterocycles. The average Bonchev–Trinajstić information content (AvgIpc) is 3.14. The number of aromatic nitrogens is 4. The maximum absolute atomic E-state index is 5.36. The lowest BCUT2D eigenvalue weighted by atomic mass is 10.0. The highest BCUT2D eigenvalue weighted by atomic mass is 16.5. The fraction of sp³-hybridized carbons (Fsp3) is 0.0667. The van der Waals surface area contributed by atoms with Gasteiger partial charge in [-0.25, -0.2) is 9.97 Å². The molecule has 0 unspecified atom stereocenters. The smallest absolute Gasteiger partial charge is 0.144 e. The van der Waals surface area contributed by atoms with E-state index in [-0.39, 0.29) is 0 Å². The summed E-state index contributed by atoms with van der Waals surface area (Å²) in [4.78, 5) is 15.0. The normalized spacial score (nSPS) is 11.2. The van der Waals surface area contributed by atoms with Crippen molar-refractivity contribution in [1.82, 2.24) is 19.9 Å². The summed E-state index contributed by atoms with van der Waals surface area (Å²) in [6.45, 7) is 0. The molecular weight excluding hydrogens is 252 g/mol. The number of nitrogens with zero attached hydrogens (tertiary/aromatic N) is 2. The summed E-state index contributed by atoms with van der Waals surface area (Å²) in [5, 5.41) is 1.09. The highest BCUT2D eigenvalue weighted by Gasteiger charge is 2.13. The van der Waals surface area contributed by atoms with Crippen LogP contribution in [0.1, 0.15) is 0 Å². The zero-order chi connectivity index (χ0) is 13.5. The molecule has 5 nitrogen and oxygen atoms in total. The van der Waals surface area contributed by atoms with Gasteiger partial charge in [0.1, 0.15) is 16.9 Å². The van der Waals surface area contributed by atoms with E-state index in [1.54, 1.807) is 19.6 Å². The van der Waals surface area contributed by atoms with E-state index in [2.05, 4.69) is 19.9 Å². The number of H-pyrrole nitrogens is 2. The highest BCUT2D eigenvalue weighted by Crippen LogP contribution is 2.35. The lowest BCUT2D eigenvalue weighted by molar-refractivity contribution is 0.419. The Balaban J connectivity index is 2.08. The highest BCUT2D eigenvalue weighted by molar-refractivity contribution is 6.02. The second kappa shape index (κ2) is 4.09. The van der Waals surface area contributed by atoms with E-state index in [0.717, 1.165) is 38.9 Å². The lowest BCUT2D eigenvalue weighted by Gasteiger charge is -2.07. The predicted octanol–water partition coefficient (Wildman–Crippen LogP) is 3.11. The number of pyridine rings is 1. The Labute approximate surface area is 114 Å². The molecule has 4 aromatic rings. The Hall–Kier alpha value is -2.82. The molecule has 0 saturated heterocycles. The molecule has 0 fully saturated rings. The molecule has 98 valence electrons. The second-order valence-corrected chi connectivity index (χ2v) is 4.54. The molecule has 0 saturated carbocycles. The fourth-order valence-electron chi connectivity index (χ4n) is 2.59. The van der Waals surface area contributed by atoms with Gasteiger partial charge in [0.2, 0.25) is 0 Å². The van der Waals surface area contributed by atoms with Crippen LogP contribution in [0.3, 0.4) is 0 Å². The monoisotopic (exact) mass is 264 g/mol. The Bertz CT molecular complexity index is 906. The van der Waals surface area contributed by atoms with Gasteiger partial charge in [-0.05, 0) is 29.8 Å². The lowest BCUT2D eigenvalue weighted by Crippen LogP contribution is -1.88. The van der Waals surface area contributed by atoms with E-state index in [0.29, 0.717) is 0 Å². The number of benzene rings is 1. The van der Waals surface area contributed by atoms with E-state index < -0.39 is 0 Å². The van der Waals surface area contributed by atoms with Crippen LogP contribution in [0.2, 0.25) is 0 Å². The first kappa shape index (κ1) is 11.0. The van der Waals surface area contributed by atoms with Crippen LogP contribution in [0.4, 0.5) is 0 Å². The number of aromatic amines is 2. The summed E-state index contributed by atoms with van der Waals surface area (Å²) in [5.74, 6) is 0.792. The topological polar surface area (TPSA) is 66.6 Å². The summed E-state index contributed by atoms with van der Waals surface area (Å²) in [6, 6.07) is 8.02. The number of nitrogens with one attached hydrogen (secondary N) is 2. The maximum Gasteiger partial charge on any atom is 0.144 e. The first-order chi connectivity index (χ1) is 9.88. The molecule has 0 bridgehead atoms. The summed E-state index contributed by atoms with van der Waals surface area (Å²) < 4.78 is 5.36. The Kier molecular flexibility index (Phi) is 2.26. The van der Waals surface area contributed by atoms with Gasteiger partial charge < -0.3 is 14.7 Å². The molecule has 0 aliphatic heterocycles. The summed E-state index contributed by atoms with van der Waals surface area (Å²) >= 11 is 0. The Morgan fingerprint density at radius 1 is 1.00 bits per heavy atom. The fourth-order valence-corrected chi connectivity index (χ4v) is 2.59. The molecule has 3 aromatic heterocycles. The van der Waals surface area contributed by atoms with E-state index in [4.69, 9.17) is 4.74 Å². The zero-order valence-electron chi connectivity index (χ0n) is 10.8. The summed E-state index contributed by atoms with van der Waals surface area (Å²) in [6.07, 6.45) is 5.38. The minimum atomic E-state index is 0.792. The quantitative estimate of drug-likeness (QED) is 0.584. The van der Waals surface area contributed by atoms with Gasteiger partial charge in [0.25, 0.3) is 0 Å². The maximum atomic E-state index is 5.36. The van der Waals surface area contributed by atoms with Gasteiger partial charge in [0.05, 0.1) is 19.0 Å². The number of hydrogen-bond donors (Lipinski definition) is 2. The first-order valence-corrected chi connectivity index (χ1v) is 6.31. The van der Waals surface area contributed by atoms with Gasteiger partial charge in [0, 0.05) is 23.3 Å². The van der Waals surface area contributed by atoms with Crippen LogP contribution in [0.25, 0.3) is 33.2 Å². The summed E-state index contributed by atoms with van der Waals surface area (Å²) in [5.41, 5.74) is 4.86. The summed E-state index contributed by atoms with van der Waals surface area (Å²) in [7, 11) is 1.66. The average molecular weight is 264 g/mol. The molecule has 0 aliphatic carbocycles. The van der Waals surface area contributed by atoms with Gasteiger partial charge in [-0.15, -0.1) is 0 Å². The van der Waals surface area contributed by atoms with Crippen molar-refractivity contribution in [2.75, 3.05) is 7.11 Å². The van der Waals surface area contributed by atoms with Crippen LogP contribution in [0, 0.1) is 0 Å². The molecule has 0 aliphatic rings. The molecule has 2 N–H and O–H groups in total. The molecular formula is C15H12N4O. The molecule has 0 amide bonds. The van der Waals surface area contributed by atoms with Gasteiger partial charge in [-0.1, -0.05) is 0 Å². The largest absolute Gasteiger partial charge is 0.494 e. The minimum absolute atomic E-state index is 0.792. The number of rotatable bonds is 2. The molecule has 1 aromatic carbocycles. The third kappa shape index (κ3) is 1.43. The van der Waals surface area contributed by atoms with E-state index in [1.165, 1.54) is 0 Å². The molecule has 0 spiro atoms. The number of fused-ring (bicyclic) bond motifs is 2. The van der Waals surface area contributed by atoms with E-state index >= 15 is 0 Å². The third-order valence-electron chi connectivity index (χ3n) is 3.51. The standard InChI is InChI=1S/C15H12N4O/c1-20-12-3-2-10(13-14(12)19-8-18-13)9-4-6-16-15-11(9)5-7-17-15/h2-8H,1H3,(H,16,17)(H,18,19). The molecule has 0 atom stereocenters. The van der Waals surface area contributed by atoms with Crippen molar-refractivity contribution in [3.63, 3.8) is 0 Å². The van der Waals surface area contributed by atoms with Crippen molar-refractivity contribution in [3.8, 4) is 16.9 Å². The van der Waals surface area contributed by atoms with Gasteiger partial charge in [-0.3, -0.25) is 0 Å². The van der Waals surface area contributed by atoms with Gasteiger partial charge in [-0.2, -0.15) is 0 Å². The second-order valence-electron chi connectivity index (χ2n) is 4.54. The van der Waals surface area contributed by atoms with Crippen molar-refractivity contribution in [2.24, 2.45) is 0 Å². The SMILES string of the molecule is COc1ccc(-c2ccnc3[nH]ccc23)c2nc[nH]c12. The van der Waals surface area contributed by atoms with Crippen LogP contribution in [0.15, 0.2) is 43.0 Å². The Morgan fingerprint density at radius 3 is 2.85 bits per heavy atom. The van der Waals surface area contributed by atoms with Crippen LogP contribution in [-0.2, 0) is 0 Å². The number of imidazole rings is 1. The molecule has 20 heavy (non-hydrogen) atoms. The number of hydrogen-bond acceptors (Lipinski definition) is 3. The zero-order valence-corrected chi connectivity index (χ0v) is 10.8. The Morgan fingerprint density at radius 2 is 1.95 bits per heavy atom. The number of methoxy groups -OCH3 is 1. The van der Waals surface area contributed by atoms with Crippen LogP contribution < -0.4 is 4.74 Å². The van der Waals surface area contributed by atoms with E-state index in [9.17, 15) is 0 Å². The van der Waals surface area contributed by atoms with Crippen LogP contribution >= 0.6 is 0 Å². The molecule has 0 radical (unpaired) electrons. The van der Waals surface area contributed by atoms with Gasteiger partial charge >= 0.3 is 0 Å². The predicted molar refractivity (Wildman–Crippen MR) is 77.7 cm³/mol. The van der Waals surface area contributed by atoms with Crippen molar-refractivity contribution in [2.45, 2.75) is 0 Å². The first-order valence-electron chi connectivity index (χ1n) is 6.31. The molecule has 4 rings (SSSR count). The van der Waals surface area contributed by atoms with Gasteiger partial charge in [0.15, 0.2) is 0 Å². The molecule has 5 heteroatoms. The van der Waals surface area contributed by atoms with E-state index in [1.807, 2.05) is 30.5 Å².